The van der Waals surface area contributed by atoms with Crippen LogP contribution in [-0.4, -0.2) is 30.4 Å². The maximum atomic E-state index is 12.4. The zero-order valence-corrected chi connectivity index (χ0v) is 17.7. The summed E-state index contributed by atoms with van der Waals surface area (Å²) in [6.07, 6.45) is 0. The van der Waals surface area contributed by atoms with Gasteiger partial charge in [-0.05, 0) is 48.4 Å². The van der Waals surface area contributed by atoms with E-state index in [9.17, 15) is 14.4 Å². The molecule has 28 heavy (non-hydrogen) atoms. The average molecular weight is 423 g/mol. The summed E-state index contributed by atoms with van der Waals surface area (Å²) in [6.45, 7) is 6.84. The topological polar surface area (TPSA) is 84.5 Å². The van der Waals surface area contributed by atoms with Crippen molar-refractivity contribution in [2.75, 3.05) is 11.9 Å². The van der Waals surface area contributed by atoms with Gasteiger partial charge in [0.15, 0.2) is 6.61 Å². The number of ether oxygens (including phenoxy) is 1. The molecule has 0 aliphatic rings. The van der Waals surface area contributed by atoms with Crippen molar-refractivity contribution in [3.05, 3.63) is 50.7 Å². The Morgan fingerprint density at radius 2 is 1.93 bits per heavy atom. The summed E-state index contributed by atoms with van der Waals surface area (Å²) in [6, 6.07) is 6.20. The van der Waals surface area contributed by atoms with Gasteiger partial charge in [0.25, 0.3) is 11.8 Å². The molecule has 150 valence electrons. The van der Waals surface area contributed by atoms with Crippen molar-refractivity contribution in [2.45, 2.75) is 33.7 Å². The molecule has 8 heteroatoms. The van der Waals surface area contributed by atoms with E-state index in [-0.39, 0.29) is 11.8 Å². The van der Waals surface area contributed by atoms with Crippen molar-refractivity contribution in [1.82, 2.24) is 5.32 Å². The van der Waals surface area contributed by atoms with Crippen molar-refractivity contribution in [3.63, 3.8) is 0 Å². The number of amides is 2. The van der Waals surface area contributed by atoms with E-state index >= 15 is 0 Å². The van der Waals surface area contributed by atoms with Crippen LogP contribution >= 0.6 is 22.9 Å². The monoisotopic (exact) mass is 422 g/mol. The molecule has 0 radical (unpaired) electrons. The minimum atomic E-state index is -0.855. The number of halogens is 1. The third kappa shape index (κ3) is 5.81. The molecular formula is C20H23ClN2O4S. The van der Waals surface area contributed by atoms with Crippen molar-refractivity contribution < 1.29 is 19.1 Å². The fourth-order valence-electron chi connectivity index (χ4n) is 2.59. The zero-order chi connectivity index (χ0) is 20.8. The Morgan fingerprint density at radius 3 is 2.50 bits per heavy atom. The van der Waals surface area contributed by atoms with Gasteiger partial charge in [-0.15, -0.1) is 11.3 Å². The minimum Gasteiger partial charge on any atom is -0.454 e. The van der Waals surface area contributed by atoms with Crippen molar-refractivity contribution in [1.29, 1.82) is 0 Å². The lowest BCUT2D eigenvalue weighted by Crippen LogP contribution is -2.45. The number of nitrogens with one attached hydrogen (secondary N) is 2. The van der Waals surface area contributed by atoms with Crippen molar-refractivity contribution in [2.24, 2.45) is 5.92 Å². The van der Waals surface area contributed by atoms with Crippen LogP contribution in [0.2, 0.25) is 5.02 Å². The van der Waals surface area contributed by atoms with Gasteiger partial charge in [0, 0.05) is 0 Å². The number of hydrogen-bond donors (Lipinski definition) is 2. The van der Waals surface area contributed by atoms with Crippen molar-refractivity contribution >= 4 is 46.4 Å². The van der Waals surface area contributed by atoms with Gasteiger partial charge in [-0.3, -0.25) is 9.59 Å². The summed E-state index contributed by atoms with van der Waals surface area (Å²) in [4.78, 5) is 37.3. The van der Waals surface area contributed by atoms with E-state index in [2.05, 4.69) is 10.6 Å². The standard InChI is InChI=1S/C20H23ClN2O4S/c1-11(2)17(23-19(25)15-6-5-7-28-15)20(26)27-10-16(24)22-18-13(4)8-12(3)9-14(18)21/h5-9,11,17H,10H2,1-4H3,(H,22,24)(H,23,25)/t17-/m1/s1. The van der Waals surface area contributed by atoms with E-state index in [1.54, 1.807) is 37.4 Å². The minimum absolute atomic E-state index is 0.201. The zero-order valence-electron chi connectivity index (χ0n) is 16.2. The molecule has 0 saturated carbocycles. The van der Waals surface area contributed by atoms with Crippen LogP contribution in [0.25, 0.3) is 0 Å². The lowest BCUT2D eigenvalue weighted by Gasteiger charge is -2.20. The fraction of sp³-hybridized carbons (Fsp3) is 0.350. The number of hydrogen-bond acceptors (Lipinski definition) is 5. The molecule has 0 aliphatic heterocycles. The van der Waals surface area contributed by atoms with Crippen LogP contribution < -0.4 is 10.6 Å². The second kappa shape index (κ2) is 9.71. The highest BCUT2D eigenvalue weighted by Crippen LogP contribution is 2.27. The average Bonchev–Trinajstić information content (AvgIpc) is 3.15. The first-order chi connectivity index (χ1) is 13.2. The van der Waals surface area contributed by atoms with Gasteiger partial charge in [-0.1, -0.05) is 37.6 Å². The van der Waals surface area contributed by atoms with Gasteiger partial charge < -0.3 is 15.4 Å². The van der Waals surface area contributed by atoms with Gasteiger partial charge in [0.1, 0.15) is 6.04 Å². The van der Waals surface area contributed by atoms with Crippen LogP contribution in [-0.2, 0) is 14.3 Å². The Bertz CT molecular complexity index is 842. The molecule has 0 fully saturated rings. The molecule has 0 aliphatic carbocycles. The summed E-state index contributed by atoms with van der Waals surface area (Å²) in [5, 5.41) is 7.51. The molecule has 0 spiro atoms. The molecule has 2 N–H and O–H groups in total. The Kier molecular flexibility index (Phi) is 7.60. The Balaban J connectivity index is 1.95. The van der Waals surface area contributed by atoms with Crippen LogP contribution in [0.1, 0.15) is 34.6 Å². The lowest BCUT2D eigenvalue weighted by atomic mass is 10.0. The van der Waals surface area contributed by atoms with Gasteiger partial charge in [0.2, 0.25) is 0 Å². The lowest BCUT2D eigenvalue weighted by molar-refractivity contribution is -0.150. The first-order valence-corrected chi connectivity index (χ1v) is 10.0. The largest absolute Gasteiger partial charge is 0.454 e. The third-order valence-corrected chi connectivity index (χ3v) is 5.16. The number of benzene rings is 1. The molecule has 2 aromatic rings. The summed E-state index contributed by atoms with van der Waals surface area (Å²) in [5.41, 5.74) is 2.28. The summed E-state index contributed by atoms with van der Waals surface area (Å²) in [7, 11) is 0. The highest BCUT2D eigenvalue weighted by Gasteiger charge is 2.27. The van der Waals surface area contributed by atoms with Gasteiger partial charge >= 0.3 is 5.97 Å². The number of anilines is 1. The van der Waals surface area contributed by atoms with E-state index in [4.69, 9.17) is 16.3 Å². The highest BCUT2D eigenvalue weighted by molar-refractivity contribution is 7.12. The van der Waals surface area contributed by atoms with Gasteiger partial charge in [-0.2, -0.15) is 0 Å². The van der Waals surface area contributed by atoms with Gasteiger partial charge in [-0.25, -0.2) is 4.79 Å². The van der Waals surface area contributed by atoms with Crippen LogP contribution in [0.15, 0.2) is 29.6 Å². The number of esters is 1. The molecule has 0 unspecified atom stereocenters. The molecular weight excluding hydrogens is 400 g/mol. The molecule has 0 bridgehead atoms. The first-order valence-electron chi connectivity index (χ1n) is 8.76. The summed E-state index contributed by atoms with van der Waals surface area (Å²) >= 11 is 7.45. The SMILES string of the molecule is Cc1cc(C)c(NC(=O)COC(=O)[C@H](NC(=O)c2cccs2)C(C)C)c(Cl)c1. The summed E-state index contributed by atoms with van der Waals surface area (Å²) < 4.78 is 5.12. The molecule has 1 atom stereocenters. The quantitative estimate of drug-likeness (QED) is 0.661. The van der Waals surface area contributed by atoms with Crippen molar-refractivity contribution in [3.8, 4) is 0 Å². The van der Waals surface area contributed by atoms with E-state index in [1.807, 2.05) is 19.9 Å². The second-order valence-corrected chi connectivity index (χ2v) is 8.12. The molecule has 0 saturated heterocycles. The van der Waals surface area contributed by atoms with E-state index < -0.39 is 24.5 Å². The van der Waals surface area contributed by atoms with Crippen LogP contribution in [0.5, 0.6) is 0 Å². The number of aryl methyl sites for hydroxylation is 2. The molecule has 2 amide bonds. The predicted molar refractivity (Wildman–Crippen MR) is 111 cm³/mol. The maximum absolute atomic E-state index is 12.4. The van der Waals surface area contributed by atoms with E-state index in [1.165, 1.54) is 11.3 Å². The van der Waals surface area contributed by atoms with E-state index in [0.717, 1.165) is 11.1 Å². The molecule has 1 heterocycles. The smallest absolute Gasteiger partial charge is 0.329 e. The highest BCUT2D eigenvalue weighted by atomic mass is 35.5. The summed E-state index contributed by atoms with van der Waals surface area (Å²) in [5.74, 6) is -1.72. The number of carbonyl (C=O) groups excluding carboxylic acids is 3. The number of rotatable bonds is 7. The third-order valence-electron chi connectivity index (χ3n) is 3.99. The molecule has 1 aromatic carbocycles. The predicted octanol–water partition coefficient (Wildman–Crippen LogP) is 3.95. The molecule has 2 rings (SSSR count). The van der Waals surface area contributed by atoms with Crippen LogP contribution in [0, 0.1) is 19.8 Å². The second-order valence-electron chi connectivity index (χ2n) is 6.77. The Labute approximate surface area is 173 Å². The van der Waals surface area contributed by atoms with Crippen LogP contribution in [0.3, 0.4) is 0 Å². The molecule has 6 nitrogen and oxygen atoms in total. The Hall–Kier alpha value is -2.38. The van der Waals surface area contributed by atoms with E-state index in [0.29, 0.717) is 15.6 Å². The van der Waals surface area contributed by atoms with Gasteiger partial charge in [0.05, 0.1) is 15.6 Å². The normalized spacial score (nSPS) is 11.8. The Morgan fingerprint density at radius 1 is 1.21 bits per heavy atom. The maximum Gasteiger partial charge on any atom is 0.329 e. The van der Waals surface area contributed by atoms with Crippen LogP contribution in [0.4, 0.5) is 5.69 Å². The first kappa shape index (κ1) is 21.9. The number of carbonyl (C=O) groups is 3. The number of thiophene rings is 1. The molecule has 1 aromatic heterocycles. The fourth-order valence-corrected chi connectivity index (χ4v) is 3.59.